The van der Waals surface area contributed by atoms with Gasteiger partial charge in [0.15, 0.2) is 10.3 Å². The first kappa shape index (κ1) is 12.3. The number of halogens is 2. The van der Waals surface area contributed by atoms with Gasteiger partial charge in [-0.15, -0.1) is 0 Å². The highest BCUT2D eigenvalue weighted by atomic mass is 35.5. The highest BCUT2D eigenvalue weighted by Gasteiger charge is 2.04. The summed E-state index contributed by atoms with van der Waals surface area (Å²) in [7, 11) is 0. The third-order valence-electron chi connectivity index (χ3n) is 0.870. The maximum absolute atomic E-state index is 5.48. The van der Waals surface area contributed by atoms with Gasteiger partial charge in [0.05, 0.1) is 0 Å². The summed E-state index contributed by atoms with van der Waals surface area (Å²) in [4.78, 5) is 7.11. The third kappa shape index (κ3) is 4.15. The first-order valence-electron chi connectivity index (χ1n) is 3.76. The predicted molar refractivity (Wildman–Crippen MR) is 56.8 cm³/mol. The molecular weight excluding hydrogens is 211 g/mol. The maximum atomic E-state index is 5.48. The fraction of sp³-hybridized carbons (Fsp3) is 0.429. The second-order valence-corrected chi connectivity index (χ2v) is 3.00. The molecule has 1 heterocycles. The van der Waals surface area contributed by atoms with E-state index in [1.54, 1.807) is 0 Å². The van der Waals surface area contributed by atoms with Crippen LogP contribution in [0.15, 0.2) is 0 Å². The van der Waals surface area contributed by atoms with Crippen LogP contribution in [0.25, 0.3) is 0 Å². The highest BCUT2D eigenvalue weighted by molar-refractivity contribution is 6.37. The van der Waals surface area contributed by atoms with Crippen LogP contribution in [0.1, 0.15) is 20.3 Å². The third-order valence-corrected chi connectivity index (χ3v) is 1.45. The van der Waals surface area contributed by atoms with E-state index in [1.807, 2.05) is 0 Å². The van der Waals surface area contributed by atoms with E-state index in [9.17, 15) is 0 Å². The Balaban J connectivity index is 0.000000424. The monoisotopic (exact) mass is 222 g/mol. The van der Waals surface area contributed by atoms with Crippen molar-refractivity contribution in [3.05, 3.63) is 10.3 Å². The Morgan fingerprint density at radius 1 is 1.08 bits per heavy atom. The van der Waals surface area contributed by atoms with E-state index in [2.05, 4.69) is 23.8 Å². The molecule has 1 rings (SSSR count). The van der Waals surface area contributed by atoms with Crippen LogP contribution in [0.3, 0.4) is 0 Å². The van der Waals surface area contributed by atoms with Gasteiger partial charge in [-0.3, -0.25) is 0 Å². The van der Waals surface area contributed by atoms with E-state index < -0.39 is 0 Å². The average molecular weight is 223 g/mol. The lowest BCUT2D eigenvalue weighted by atomic mass is 10.5. The van der Waals surface area contributed by atoms with Crippen molar-refractivity contribution in [3.63, 3.8) is 0 Å². The molecule has 1 aromatic heterocycles. The molecule has 4 N–H and O–H groups in total. The van der Waals surface area contributed by atoms with Crippen LogP contribution in [0.4, 0.5) is 11.6 Å². The lowest BCUT2D eigenvalue weighted by Gasteiger charge is -1.98. The molecule has 0 saturated carbocycles. The van der Waals surface area contributed by atoms with E-state index >= 15 is 0 Å². The molecule has 0 aliphatic heterocycles. The minimum Gasteiger partial charge on any atom is -0.394 e. The molecule has 74 valence electrons. The Morgan fingerprint density at radius 3 is 1.69 bits per heavy atom. The number of nitrogens with two attached hydrogens (primary N) is 2. The van der Waals surface area contributed by atoms with Gasteiger partial charge in [0.1, 0.15) is 5.69 Å². The van der Waals surface area contributed by atoms with Gasteiger partial charge in [-0.2, -0.15) is 9.97 Å². The number of hydrogen-bond acceptors (Lipinski definition) is 4. The van der Waals surface area contributed by atoms with Gasteiger partial charge in [0, 0.05) is 0 Å². The molecule has 0 aliphatic rings. The quantitative estimate of drug-likeness (QED) is 0.661. The SMILES string of the molecule is CCC.Nc1nc(Cl)c(N)c(Cl)n1. The summed E-state index contributed by atoms with van der Waals surface area (Å²) in [6.45, 7) is 4.25. The van der Waals surface area contributed by atoms with E-state index in [4.69, 9.17) is 34.7 Å². The highest BCUT2D eigenvalue weighted by Crippen LogP contribution is 2.23. The molecule has 0 spiro atoms. The lowest BCUT2D eigenvalue weighted by molar-refractivity contribution is 1.09. The second kappa shape index (κ2) is 5.83. The van der Waals surface area contributed by atoms with E-state index in [0.717, 1.165) is 0 Å². The Kier molecular flexibility index (Phi) is 5.50. The first-order chi connectivity index (χ1) is 6.02. The van der Waals surface area contributed by atoms with Crippen molar-refractivity contribution in [2.75, 3.05) is 11.5 Å². The normalized spacial score (nSPS) is 8.92. The summed E-state index contributed by atoms with van der Waals surface area (Å²) in [5.74, 6) is 0.0178. The van der Waals surface area contributed by atoms with Crippen molar-refractivity contribution in [1.82, 2.24) is 9.97 Å². The van der Waals surface area contributed by atoms with Crippen molar-refractivity contribution in [1.29, 1.82) is 0 Å². The van der Waals surface area contributed by atoms with Crippen LogP contribution in [0.5, 0.6) is 0 Å². The second-order valence-electron chi connectivity index (χ2n) is 2.28. The van der Waals surface area contributed by atoms with Gasteiger partial charge < -0.3 is 11.5 Å². The maximum Gasteiger partial charge on any atom is 0.223 e. The molecule has 6 heteroatoms. The fourth-order valence-corrected chi connectivity index (χ4v) is 0.832. The molecule has 0 unspecified atom stereocenters. The molecule has 0 aliphatic carbocycles. The minimum atomic E-state index is 0.0178. The number of rotatable bonds is 0. The summed E-state index contributed by atoms with van der Waals surface area (Å²) in [6.07, 6.45) is 1.25. The number of nitrogen functional groups attached to an aromatic ring is 2. The summed E-state index contributed by atoms with van der Waals surface area (Å²) < 4.78 is 0. The number of aromatic nitrogens is 2. The number of hydrogen-bond donors (Lipinski definition) is 2. The molecule has 0 amide bonds. The summed E-state index contributed by atoms with van der Waals surface area (Å²) in [6, 6.07) is 0. The smallest absolute Gasteiger partial charge is 0.223 e. The van der Waals surface area contributed by atoms with Crippen molar-refractivity contribution >= 4 is 34.8 Å². The van der Waals surface area contributed by atoms with E-state index in [0.29, 0.717) is 0 Å². The number of anilines is 2. The van der Waals surface area contributed by atoms with Crippen molar-refractivity contribution < 1.29 is 0 Å². The zero-order valence-electron chi connectivity index (χ0n) is 7.51. The van der Waals surface area contributed by atoms with Crippen LogP contribution in [0.2, 0.25) is 10.3 Å². The van der Waals surface area contributed by atoms with Gasteiger partial charge in [0.2, 0.25) is 5.95 Å². The molecule has 1 aromatic rings. The van der Waals surface area contributed by atoms with Gasteiger partial charge >= 0.3 is 0 Å². The molecule has 4 nitrogen and oxygen atoms in total. The zero-order valence-corrected chi connectivity index (χ0v) is 9.02. The Hall–Kier alpha value is -0.740. The molecule has 0 aromatic carbocycles. The molecule has 0 saturated heterocycles. The van der Waals surface area contributed by atoms with Crippen LogP contribution in [0, 0.1) is 0 Å². The zero-order chi connectivity index (χ0) is 10.4. The van der Waals surface area contributed by atoms with Crippen molar-refractivity contribution in [2.45, 2.75) is 20.3 Å². The lowest BCUT2D eigenvalue weighted by Crippen LogP contribution is -1.99. The first-order valence-corrected chi connectivity index (χ1v) is 4.52. The van der Waals surface area contributed by atoms with Gasteiger partial charge in [0.25, 0.3) is 0 Å². The van der Waals surface area contributed by atoms with Crippen LogP contribution < -0.4 is 11.5 Å². The van der Waals surface area contributed by atoms with Crippen molar-refractivity contribution in [3.8, 4) is 0 Å². The molecule has 0 bridgehead atoms. The summed E-state index contributed by atoms with van der Waals surface area (Å²) in [5.41, 5.74) is 10.6. The fourth-order valence-electron chi connectivity index (χ4n) is 0.432. The molecular formula is C7H12Cl2N4. The standard InChI is InChI=1S/C4H4Cl2N4.C3H8/c5-2-1(7)3(6)10-4(8)9-2;1-3-2/h7H2,(H2,8,9,10);3H2,1-2H3. The predicted octanol–water partition coefficient (Wildman–Crippen LogP) is 2.36. The topological polar surface area (TPSA) is 77.8 Å². The average Bonchev–Trinajstić information content (AvgIpc) is 2.01. The van der Waals surface area contributed by atoms with Crippen molar-refractivity contribution in [2.24, 2.45) is 0 Å². The molecule has 13 heavy (non-hydrogen) atoms. The Labute approximate surface area is 87.3 Å². The number of nitrogens with zero attached hydrogens (tertiary/aromatic N) is 2. The Morgan fingerprint density at radius 2 is 1.38 bits per heavy atom. The van der Waals surface area contributed by atoms with Crippen LogP contribution in [-0.2, 0) is 0 Å². The Bertz CT molecular complexity index is 254. The minimum absolute atomic E-state index is 0.0178. The molecule has 0 radical (unpaired) electrons. The van der Waals surface area contributed by atoms with Crippen LogP contribution >= 0.6 is 23.2 Å². The molecule has 0 atom stereocenters. The van der Waals surface area contributed by atoms with Gasteiger partial charge in [-0.25, -0.2) is 0 Å². The summed E-state index contributed by atoms with van der Waals surface area (Å²) >= 11 is 11.0. The molecule has 0 fully saturated rings. The van der Waals surface area contributed by atoms with E-state index in [-0.39, 0.29) is 21.9 Å². The van der Waals surface area contributed by atoms with Crippen LogP contribution in [-0.4, -0.2) is 9.97 Å². The summed E-state index contributed by atoms with van der Waals surface area (Å²) in [5, 5.41) is 0.162. The van der Waals surface area contributed by atoms with E-state index in [1.165, 1.54) is 6.42 Å². The largest absolute Gasteiger partial charge is 0.394 e. The van der Waals surface area contributed by atoms with Gasteiger partial charge in [-0.1, -0.05) is 43.5 Å². The van der Waals surface area contributed by atoms with Gasteiger partial charge in [-0.05, 0) is 0 Å².